The first-order valence-electron chi connectivity index (χ1n) is 12.3. The highest BCUT2D eigenvalue weighted by molar-refractivity contribution is 6.30. The lowest BCUT2D eigenvalue weighted by Crippen LogP contribution is -2.57. The number of Topliss-reactive ketones (excluding diaryl/α,β-unsaturated/α-hetero) is 1. The van der Waals surface area contributed by atoms with Gasteiger partial charge in [-0.3, -0.25) is 9.69 Å². The van der Waals surface area contributed by atoms with E-state index in [1.165, 1.54) is 18.7 Å². The van der Waals surface area contributed by atoms with E-state index in [-0.39, 0.29) is 30.0 Å². The Hall–Kier alpha value is -2.95. The van der Waals surface area contributed by atoms with Gasteiger partial charge in [0.2, 0.25) is 0 Å². The van der Waals surface area contributed by atoms with Crippen LogP contribution in [0.3, 0.4) is 0 Å². The molecule has 3 heterocycles. The molecule has 2 aliphatic rings. The Morgan fingerprint density at radius 3 is 2.57 bits per heavy atom. The molecule has 0 radical (unpaired) electrons. The first-order valence-corrected chi connectivity index (χ1v) is 12.7. The minimum atomic E-state index is -0.0707. The van der Waals surface area contributed by atoms with Gasteiger partial charge in [0, 0.05) is 68.5 Å². The number of piperazine rings is 1. The molecule has 2 saturated heterocycles. The van der Waals surface area contributed by atoms with E-state index in [0.29, 0.717) is 17.1 Å². The van der Waals surface area contributed by atoms with Gasteiger partial charge in [0.25, 0.3) is 0 Å². The molecule has 0 N–H and O–H groups in total. The minimum absolute atomic E-state index is 0.0707. The number of carbonyl (C=O) groups is 2. The van der Waals surface area contributed by atoms with E-state index >= 15 is 0 Å². The van der Waals surface area contributed by atoms with Crippen LogP contribution in [-0.2, 0) is 13.0 Å². The Morgan fingerprint density at radius 1 is 1.11 bits per heavy atom. The second-order valence-corrected chi connectivity index (χ2v) is 10.0. The first kappa shape index (κ1) is 25.2. The van der Waals surface area contributed by atoms with Gasteiger partial charge in [-0.05, 0) is 74.1 Å². The quantitative estimate of drug-likeness (QED) is 0.575. The SMILES string of the molecule is Cc1c(CC(=O)c2ccnc(C#N)c2)cc(Cl)cc1CN1CCN(C(=O)N2CCCCC2)[C@@H](C)C1. The van der Waals surface area contributed by atoms with Crippen molar-refractivity contribution in [2.24, 2.45) is 0 Å². The Morgan fingerprint density at radius 2 is 1.86 bits per heavy atom. The number of likely N-dealkylation sites (tertiary alicyclic amines) is 1. The minimum Gasteiger partial charge on any atom is -0.325 e. The fourth-order valence-electron chi connectivity index (χ4n) is 5.05. The van der Waals surface area contributed by atoms with Gasteiger partial charge < -0.3 is 9.80 Å². The summed E-state index contributed by atoms with van der Waals surface area (Å²) in [6, 6.07) is 9.27. The van der Waals surface area contributed by atoms with E-state index in [9.17, 15) is 9.59 Å². The van der Waals surface area contributed by atoms with Crippen molar-refractivity contribution in [2.45, 2.75) is 52.1 Å². The Balaban J connectivity index is 1.42. The van der Waals surface area contributed by atoms with Crippen LogP contribution in [0.25, 0.3) is 0 Å². The standard InChI is InChI=1S/C27H32ClN5O2/c1-19-17-31(10-11-33(19)27(35)32-8-4-3-5-9-32)18-23-13-24(28)12-22(20(23)2)15-26(34)21-6-7-30-25(14-21)16-29/h6-7,12-14,19H,3-5,8-11,15,17-18H2,1-2H3/t19-/m0/s1. The highest BCUT2D eigenvalue weighted by Crippen LogP contribution is 2.25. The molecule has 2 aliphatic heterocycles. The predicted molar refractivity (Wildman–Crippen MR) is 135 cm³/mol. The number of amides is 2. The van der Waals surface area contributed by atoms with E-state index in [1.807, 2.05) is 34.9 Å². The van der Waals surface area contributed by atoms with Gasteiger partial charge in [-0.1, -0.05) is 11.6 Å². The fourth-order valence-corrected chi connectivity index (χ4v) is 5.32. The number of halogens is 1. The Bertz CT molecular complexity index is 1140. The zero-order chi connectivity index (χ0) is 24.9. The summed E-state index contributed by atoms with van der Waals surface area (Å²) in [5, 5.41) is 9.67. The van der Waals surface area contributed by atoms with Crippen LogP contribution in [0.4, 0.5) is 4.79 Å². The lowest BCUT2D eigenvalue weighted by molar-refractivity contribution is 0.0740. The number of urea groups is 1. The molecule has 7 nitrogen and oxygen atoms in total. The molecular weight excluding hydrogens is 462 g/mol. The van der Waals surface area contributed by atoms with Gasteiger partial charge >= 0.3 is 6.03 Å². The molecule has 1 atom stereocenters. The summed E-state index contributed by atoms with van der Waals surface area (Å²) >= 11 is 6.45. The number of hydrogen-bond donors (Lipinski definition) is 0. The van der Waals surface area contributed by atoms with Crippen LogP contribution in [0.2, 0.25) is 5.02 Å². The Kier molecular flexibility index (Phi) is 8.04. The molecule has 35 heavy (non-hydrogen) atoms. The van der Waals surface area contributed by atoms with Gasteiger partial charge in [-0.2, -0.15) is 5.26 Å². The molecule has 0 aliphatic carbocycles. The molecule has 8 heteroatoms. The van der Waals surface area contributed by atoms with Crippen molar-refractivity contribution in [3.8, 4) is 6.07 Å². The summed E-state index contributed by atoms with van der Waals surface area (Å²) in [5.74, 6) is -0.0707. The summed E-state index contributed by atoms with van der Waals surface area (Å²) in [7, 11) is 0. The van der Waals surface area contributed by atoms with Crippen molar-refractivity contribution in [1.82, 2.24) is 19.7 Å². The molecule has 184 valence electrons. The maximum absolute atomic E-state index is 13.0. The van der Waals surface area contributed by atoms with Crippen LogP contribution < -0.4 is 0 Å². The van der Waals surface area contributed by atoms with Crippen molar-refractivity contribution >= 4 is 23.4 Å². The maximum Gasteiger partial charge on any atom is 0.320 e. The molecule has 2 fully saturated rings. The van der Waals surface area contributed by atoms with Gasteiger partial charge in [0.1, 0.15) is 11.8 Å². The van der Waals surface area contributed by atoms with Crippen LogP contribution >= 0.6 is 11.6 Å². The van der Waals surface area contributed by atoms with Gasteiger partial charge in [0.05, 0.1) is 0 Å². The summed E-state index contributed by atoms with van der Waals surface area (Å²) < 4.78 is 0. The molecule has 2 aromatic rings. The number of ketones is 1. The zero-order valence-electron chi connectivity index (χ0n) is 20.5. The summed E-state index contributed by atoms with van der Waals surface area (Å²) in [5.41, 5.74) is 3.74. The van der Waals surface area contributed by atoms with Crippen molar-refractivity contribution in [3.63, 3.8) is 0 Å². The number of pyridine rings is 1. The molecular formula is C27H32ClN5O2. The van der Waals surface area contributed by atoms with Crippen molar-refractivity contribution in [2.75, 3.05) is 32.7 Å². The highest BCUT2D eigenvalue weighted by Gasteiger charge is 2.31. The molecule has 1 aromatic heterocycles. The smallest absolute Gasteiger partial charge is 0.320 e. The number of rotatable bonds is 5. The number of nitriles is 1. The number of hydrogen-bond acceptors (Lipinski definition) is 5. The number of carbonyl (C=O) groups excluding carboxylic acids is 2. The fraction of sp³-hybridized carbons (Fsp3) is 0.481. The van der Waals surface area contributed by atoms with E-state index < -0.39 is 0 Å². The number of benzene rings is 1. The van der Waals surface area contributed by atoms with Gasteiger partial charge in [-0.25, -0.2) is 9.78 Å². The second kappa shape index (κ2) is 11.2. The summed E-state index contributed by atoms with van der Waals surface area (Å²) in [6.45, 7) is 8.92. The van der Waals surface area contributed by atoms with Crippen LogP contribution in [-0.4, -0.2) is 70.3 Å². The third-order valence-corrected chi connectivity index (χ3v) is 7.33. The Labute approximate surface area is 212 Å². The van der Waals surface area contributed by atoms with E-state index in [2.05, 4.69) is 16.8 Å². The average Bonchev–Trinajstić information content (AvgIpc) is 2.87. The third-order valence-electron chi connectivity index (χ3n) is 7.11. The molecule has 1 aromatic carbocycles. The topological polar surface area (TPSA) is 80.5 Å². The first-order chi connectivity index (χ1) is 16.9. The average molecular weight is 494 g/mol. The van der Waals surface area contributed by atoms with E-state index in [0.717, 1.165) is 62.3 Å². The van der Waals surface area contributed by atoms with Crippen LogP contribution in [0, 0.1) is 18.3 Å². The second-order valence-electron chi connectivity index (χ2n) is 9.60. The molecule has 4 rings (SSSR count). The molecule has 2 amide bonds. The lowest BCUT2D eigenvalue weighted by Gasteiger charge is -2.42. The molecule has 0 bridgehead atoms. The molecule has 0 unspecified atom stereocenters. The number of piperidine rings is 1. The monoisotopic (exact) mass is 493 g/mol. The maximum atomic E-state index is 13.0. The summed E-state index contributed by atoms with van der Waals surface area (Å²) in [6.07, 6.45) is 5.10. The molecule has 0 saturated carbocycles. The van der Waals surface area contributed by atoms with Crippen LogP contribution in [0.5, 0.6) is 0 Å². The van der Waals surface area contributed by atoms with Crippen molar-refractivity contribution in [1.29, 1.82) is 5.26 Å². The van der Waals surface area contributed by atoms with Crippen molar-refractivity contribution < 1.29 is 9.59 Å². The normalized spacial score (nSPS) is 18.9. The molecule has 0 spiro atoms. The van der Waals surface area contributed by atoms with Crippen LogP contribution in [0.1, 0.15) is 58.9 Å². The predicted octanol–water partition coefficient (Wildman–Crippen LogP) is 4.45. The number of nitrogens with zero attached hydrogens (tertiary/aromatic N) is 5. The number of aromatic nitrogens is 1. The third kappa shape index (κ3) is 6.01. The lowest BCUT2D eigenvalue weighted by atomic mass is 9.95. The van der Waals surface area contributed by atoms with E-state index in [1.54, 1.807) is 6.07 Å². The van der Waals surface area contributed by atoms with Crippen LogP contribution in [0.15, 0.2) is 30.5 Å². The van der Waals surface area contributed by atoms with E-state index in [4.69, 9.17) is 16.9 Å². The largest absolute Gasteiger partial charge is 0.325 e. The highest BCUT2D eigenvalue weighted by atomic mass is 35.5. The zero-order valence-corrected chi connectivity index (χ0v) is 21.2. The van der Waals surface area contributed by atoms with Gasteiger partial charge in [-0.15, -0.1) is 0 Å². The van der Waals surface area contributed by atoms with Crippen molar-refractivity contribution in [3.05, 3.63) is 63.4 Å². The van der Waals surface area contributed by atoms with Gasteiger partial charge in [0.15, 0.2) is 5.78 Å². The summed E-state index contributed by atoms with van der Waals surface area (Å²) in [4.78, 5) is 36.2.